The molecule has 2 rings (SSSR count). The van der Waals surface area contributed by atoms with Crippen molar-refractivity contribution in [3.05, 3.63) is 38.5 Å². The molecule has 2 aromatic heterocycles. The second-order valence-corrected chi connectivity index (χ2v) is 5.36. The van der Waals surface area contributed by atoms with Gasteiger partial charge in [0.15, 0.2) is 0 Å². The lowest BCUT2D eigenvalue weighted by atomic mass is 10.4. The van der Waals surface area contributed by atoms with E-state index in [1.54, 1.807) is 18.4 Å². The fraction of sp³-hybridized carbons (Fsp3) is 0.182. The smallest absolute Gasteiger partial charge is 0.266 e. The zero-order valence-electron chi connectivity index (χ0n) is 9.93. The summed E-state index contributed by atoms with van der Waals surface area (Å²) in [4.78, 5) is 12.2. The maximum absolute atomic E-state index is 13.6. The van der Waals surface area contributed by atoms with Gasteiger partial charge in [-0.2, -0.15) is 14.6 Å². The Kier molecular flexibility index (Phi) is 4.43. The molecule has 1 amide bonds. The number of hydrogen-bond donors (Lipinski definition) is 1. The topological polar surface area (TPSA) is 59.3 Å². The fourth-order valence-corrected chi connectivity index (χ4v) is 2.66. The highest BCUT2D eigenvalue weighted by Gasteiger charge is 2.08. The van der Waals surface area contributed by atoms with Crippen LogP contribution in [0.15, 0.2) is 27.2 Å². The standard InChI is InChI=1S/C11H10BrFN4OS/c1-2-17-10(13)7(5-15-17)4-14-16-11(18)9-3-8(12)6-19-9/h3-6H,2H2,1H3,(H,16,18). The van der Waals surface area contributed by atoms with Crippen molar-refractivity contribution in [2.75, 3.05) is 0 Å². The summed E-state index contributed by atoms with van der Waals surface area (Å²) in [5.41, 5.74) is 2.56. The van der Waals surface area contributed by atoms with Gasteiger partial charge in [0.25, 0.3) is 5.91 Å². The third-order valence-corrected chi connectivity index (χ3v) is 3.95. The Morgan fingerprint density at radius 1 is 1.74 bits per heavy atom. The molecule has 0 aliphatic carbocycles. The number of thiophene rings is 1. The molecule has 100 valence electrons. The molecule has 0 saturated heterocycles. The highest BCUT2D eigenvalue weighted by molar-refractivity contribution is 9.10. The number of carbonyl (C=O) groups is 1. The first-order chi connectivity index (χ1) is 9.11. The summed E-state index contributed by atoms with van der Waals surface area (Å²) in [6.45, 7) is 2.22. The summed E-state index contributed by atoms with van der Waals surface area (Å²) in [5.74, 6) is -0.811. The van der Waals surface area contributed by atoms with Crippen LogP contribution >= 0.6 is 27.3 Å². The molecule has 0 bridgehead atoms. The Labute approximate surface area is 121 Å². The van der Waals surface area contributed by atoms with Crippen molar-refractivity contribution < 1.29 is 9.18 Å². The summed E-state index contributed by atoms with van der Waals surface area (Å²) >= 11 is 4.55. The molecule has 19 heavy (non-hydrogen) atoms. The molecule has 0 saturated carbocycles. The van der Waals surface area contributed by atoms with E-state index in [1.807, 2.05) is 0 Å². The molecule has 0 atom stereocenters. The monoisotopic (exact) mass is 344 g/mol. The zero-order valence-corrected chi connectivity index (χ0v) is 12.3. The van der Waals surface area contributed by atoms with Gasteiger partial charge in [0.2, 0.25) is 5.95 Å². The van der Waals surface area contributed by atoms with Crippen molar-refractivity contribution in [2.45, 2.75) is 13.5 Å². The average molecular weight is 345 g/mol. The SMILES string of the molecule is CCn1ncc(C=NNC(=O)c2cc(Br)cs2)c1F. The molecule has 8 heteroatoms. The van der Waals surface area contributed by atoms with E-state index in [-0.39, 0.29) is 11.5 Å². The van der Waals surface area contributed by atoms with Crippen LogP contribution in [0, 0.1) is 5.95 Å². The molecule has 0 aliphatic heterocycles. The van der Waals surface area contributed by atoms with E-state index in [4.69, 9.17) is 0 Å². The predicted molar refractivity (Wildman–Crippen MR) is 74.9 cm³/mol. The van der Waals surface area contributed by atoms with E-state index in [2.05, 4.69) is 31.6 Å². The Morgan fingerprint density at radius 3 is 3.11 bits per heavy atom. The van der Waals surface area contributed by atoms with Crippen molar-refractivity contribution >= 4 is 39.4 Å². The van der Waals surface area contributed by atoms with Crippen LogP contribution < -0.4 is 5.43 Å². The maximum atomic E-state index is 13.6. The van der Waals surface area contributed by atoms with E-state index in [9.17, 15) is 9.18 Å². The average Bonchev–Trinajstić information content (AvgIpc) is 2.97. The van der Waals surface area contributed by atoms with Crippen LogP contribution in [-0.2, 0) is 6.54 Å². The number of nitrogens with one attached hydrogen (secondary N) is 1. The second-order valence-electron chi connectivity index (χ2n) is 3.53. The molecule has 0 aliphatic rings. The third kappa shape index (κ3) is 3.27. The molecule has 5 nitrogen and oxygen atoms in total. The summed E-state index contributed by atoms with van der Waals surface area (Å²) in [7, 11) is 0. The van der Waals surface area contributed by atoms with Crippen LogP contribution in [0.5, 0.6) is 0 Å². The highest BCUT2D eigenvalue weighted by atomic mass is 79.9. The van der Waals surface area contributed by atoms with Crippen LogP contribution in [0.25, 0.3) is 0 Å². The number of rotatable bonds is 4. The van der Waals surface area contributed by atoms with Crippen LogP contribution in [0.3, 0.4) is 0 Å². The minimum Gasteiger partial charge on any atom is -0.266 e. The first kappa shape index (κ1) is 13.9. The zero-order chi connectivity index (χ0) is 13.8. The van der Waals surface area contributed by atoms with E-state index < -0.39 is 5.95 Å². The van der Waals surface area contributed by atoms with Gasteiger partial charge in [0.05, 0.1) is 22.9 Å². The number of aryl methyl sites for hydroxylation is 1. The van der Waals surface area contributed by atoms with Gasteiger partial charge in [-0.15, -0.1) is 11.3 Å². The van der Waals surface area contributed by atoms with Gasteiger partial charge in [0, 0.05) is 16.4 Å². The molecular weight excluding hydrogens is 335 g/mol. The third-order valence-electron chi connectivity index (χ3n) is 2.26. The number of hydrogen-bond acceptors (Lipinski definition) is 4. The molecule has 2 aromatic rings. The Hall–Kier alpha value is -1.54. The molecule has 0 radical (unpaired) electrons. The van der Waals surface area contributed by atoms with Gasteiger partial charge in [-0.3, -0.25) is 4.79 Å². The lowest BCUT2D eigenvalue weighted by Gasteiger charge is -1.95. The molecule has 1 N–H and O–H groups in total. The Morgan fingerprint density at radius 2 is 2.53 bits per heavy atom. The summed E-state index contributed by atoms with van der Waals surface area (Å²) < 4.78 is 15.6. The number of carbonyl (C=O) groups excluding carboxylic acids is 1. The fourth-order valence-electron chi connectivity index (χ4n) is 1.34. The molecule has 0 spiro atoms. The van der Waals surface area contributed by atoms with E-state index in [0.29, 0.717) is 11.4 Å². The minimum absolute atomic E-state index is 0.231. The van der Waals surface area contributed by atoms with Crippen LogP contribution in [0.4, 0.5) is 4.39 Å². The lowest BCUT2D eigenvalue weighted by molar-refractivity contribution is 0.0959. The van der Waals surface area contributed by atoms with Gasteiger partial charge < -0.3 is 0 Å². The molecule has 2 heterocycles. The molecule has 0 aromatic carbocycles. The van der Waals surface area contributed by atoms with Gasteiger partial charge >= 0.3 is 0 Å². The first-order valence-corrected chi connectivity index (χ1v) is 7.07. The largest absolute Gasteiger partial charge is 0.281 e. The number of amides is 1. The summed E-state index contributed by atoms with van der Waals surface area (Å²) in [5, 5.41) is 9.33. The maximum Gasteiger partial charge on any atom is 0.281 e. The van der Waals surface area contributed by atoms with Crippen LogP contribution in [-0.4, -0.2) is 21.9 Å². The number of nitrogens with zero attached hydrogens (tertiary/aromatic N) is 3. The molecular formula is C11H10BrFN4OS. The van der Waals surface area contributed by atoms with E-state index >= 15 is 0 Å². The van der Waals surface area contributed by atoms with Gasteiger partial charge in [-0.25, -0.2) is 10.1 Å². The first-order valence-electron chi connectivity index (χ1n) is 5.40. The molecule has 0 fully saturated rings. The van der Waals surface area contributed by atoms with Gasteiger partial charge in [-0.1, -0.05) is 0 Å². The Bertz CT molecular complexity index is 622. The van der Waals surface area contributed by atoms with Gasteiger partial charge in [0.1, 0.15) is 0 Å². The summed E-state index contributed by atoms with van der Waals surface area (Å²) in [6.07, 6.45) is 2.59. The lowest BCUT2D eigenvalue weighted by Crippen LogP contribution is -2.16. The van der Waals surface area contributed by atoms with Crippen molar-refractivity contribution in [1.29, 1.82) is 0 Å². The Balaban J connectivity index is 2.00. The quantitative estimate of drug-likeness (QED) is 0.684. The highest BCUT2D eigenvalue weighted by Crippen LogP contribution is 2.19. The van der Waals surface area contributed by atoms with Crippen LogP contribution in [0.1, 0.15) is 22.2 Å². The van der Waals surface area contributed by atoms with E-state index in [1.165, 1.54) is 28.4 Å². The van der Waals surface area contributed by atoms with Gasteiger partial charge in [-0.05, 0) is 28.9 Å². The van der Waals surface area contributed by atoms with Crippen molar-refractivity contribution in [1.82, 2.24) is 15.2 Å². The second kappa shape index (κ2) is 6.07. The summed E-state index contributed by atoms with van der Waals surface area (Å²) in [6, 6.07) is 1.69. The number of aromatic nitrogens is 2. The van der Waals surface area contributed by atoms with Crippen LogP contribution in [0.2, 0.25) is 0 Å². The van der Waals surface area contributed by atoms with E-state index in [0.717, 1.165) is 4.47 Å². The van der Waals surface area contributed by atoms with Crippen molar-refractivity contribution in [3.8, 4) is 0 Å². The van der Waals surface area contributed by atoms with Crippen molar-refractivity contribution in [2.24, 2.45) is 5.10 Å². The molecule has 0 unspecified atom stereocenters. The normalized spacial score (nSPS) is 11.1. The number of hydrazone groups is 1. The van der Waals surface area contributed by atoms with Crippen molar-refractivity contribution in [3.63, 3.8) is 0 Å². The number of halogens is 2. The predicted octanol–water partition coefficient (Wildman–Crippen LogP) is 2.63. The minimum atomic E-state index is -0.473.